The Hall–Kier alpha value is -1.44. The second kappa shape index (κ2) is 4.39. The standard InChI is InChI=1S/C13H16N2/c1-3-4-7-11-10(2)14-12-8-5-6-9-13(12)15-11/h5-6,8-9H,3-4,7H2,1-2H3. The number of nitrogens with zero attached hydrogens (tertiary/aromatic N) is 2. The van der Waals surface area contributed by atoms with Gasteiger partial charge in [0.2, 0.25) is 0 Å². The van der Waals surface area contributed by atoms with Crippen molar-refractivity contribution in [3.8, 4) is 0 Å². The zero-order valence-electron chi connectivity index (χ0n) is 9.33. The van der Waals surface area contributed by atoms with E-state index in [0.717, 1.165) is 28.8 Å². The zero-order chi connectivity index (χ0) is 10.7. The normalized spacial score (nSPS) is 10.8. The molecule has 0 bridgehead atoms. The Morgan fingerprint density at radius 1 is 1.07 bits per heavy atom. The van der Waals surface area contributed by atoms with Crippen LogP contribution in [0.4, 0.5) is 0 Å². The lowest BCUT2D eigenvalue weighted by molar-refractivity contribution is 0.769. The Balaban J connectivity index is 2.43. The van der Waals surface area contributed by atoms with Crippen LogP contribution in [0.1, 0.15) is 31.2 Å². The maximum Gasteiger partial charge on any atom is 0.0890 e. The molecular formula is C13H16N2. The van der Waals surface area contributed by atoms with E-state index in [-0.39, 0.29) is 0 Å². The molecule has 0 aliphatic rings. The van der Waals surface area contributed by atoms with Crippen LogP contribution in [0.15, 0.2) is 24.3 Å². The average Bonchev–Trinajstić information content (AvgIpc) is 2.26. The lowest BCUT2D eigenvalue weighted by Gasteiger charge is -2.05. The van der Waals surface area contributed by atoms with Gasteiger partial charge in [0.25, 0.3) is 0 Å². The molecule has 2 aromatic rings. The van der Waals surface area contributed by atoms with Crippen molar-refractivity contribution in [1.29, 1.82) is 0 Å². The summed E-state index contributed by atoms with van der Waals surface area (Å²) >= 11 is 0. The number of hydrogen-bond donors (Lipinski definition) is 0. The predicted octanol–water partition coefficient (Wildman–Crippen LogP) is 3.28. The molecule has 0 aliphatic carbocycles. The topological polar surface area (TPSA) is 25.8 Å². The van der Waals surface area contributed by atoms with E-state index in [2.05, 4.69) is 16.9 Å². The van der Waals surface area contributed by atoms with Crippen molar-refractivity contribution >= 4 is 11.0 Å². The average molecular weight is 200 g/mol. The third kappa shape index (κ3) is 2.14. The highest BCUT2D eigenvalue weighted by molar-refractivity contribution is 5.74. The number of benzene rings is 1. The molecule has 2 rings (SSSR count). The van der Waals surface area contributed by atoms with Gasteiger partial charge in [0.1, 0.15) is 0 Å². The number of fused-ring (bicyclic) bond motifs is 1. The van der Waals surface area contributed by atoms with Crippen molar-refractivity contribution in [3.05, 3.63) is 35.7 Å². The van der Waals surface area contributed by atoms with E-state index in [4.69, 9.17) is 0 Å². The van der Waals surface area contributed by atoms with Crippen LogP contribution >= 0.6 is 0 Å². The Bertz CT molecular complexity index is 463. The summed E-state index contributed by atoms with van der Waals surface area (Å²) < 4.78 is 0. The summed E-state index contributed by atoms with van der Waals surface area (Å²) in [6.07, 6.45) is 3.43. The highest BCUT2D eigenvalue weighted by Crippen LogP contribution is 2.13. The van der Waals surface area contributed by atoms with Crippen LogP contribution in [0.5, 0.6) is 0 Å². The van der Waals surface area contributed by atoms with E-state index >= 15 is 0 Å². The first-order valence-electron chi connectivity index (χ1n) is 5.53. The van der Waals surface area contributed by atoms with Crippen LogP contribution in [0.3, 0.4) is 0 Å². The summed E-state index contributed by atoms with van der Waals surface area (Å²) in [5, 5.41) is 0. The molecule has 0 N–H and O–H groups in total. The van der Waals surface area contributed by atoms with Crippen molar-refractivity contribution < 1.29 is 0 Å². The fourth-order valence-electron chi connectivity index (χ4n) is 1.71. The highest BCUT2D eigenvalue weighted by atomic mass is 14.8. The molecule has 0 amide bonds. The third-order valence-electron chi connectivity index (χ3n) is 2.61. The maximum absolute atomic E-state index is 4.65. The van der Waals surface area contributed by atoms with Gasteiger partial charge < -0.3 is 0 Å². The van der Waals surface area contributed by atoms with Crippen molar-refractivity contribution in [2.45, 2.75) is 33.1 Å². The van der Waals surface area contributed by atoms with Crippen molar-refractivity contribution in [2.75, 3.05) is 0 Å². The first kappa shape index (κ1) is 10.1. The van der Waals surface area contributed by atoms with Gasteiger partial charge in [-0.2, -0.15) is 0 Å². The largest absolute Gasteiger partial charge is 0.250 e. The van der Waals surface area contributed by atoms with E-state index in [1.807, 2.05) is 31.2 Å². The van der Waals surface area contributed by atoms with Crippen molar-refractivity contribution in [3.63, 3.8) is 0 Å². The van der Waals surface area contributed by atoms with Crippen LogP contribution < -0.4 is 0 Å². The van der Waals surface area contributed by atoms with E-state index in [0.29, 0.717) is 0 Å². The fraction of sp³-hybridized carbons (Fsp3) is 0.385. The SMILES string of the molecule is CCCCc1nc2ccccc2nc1C. The lowest BCUT2D eigenvalue weighted by atomic mass is 10.1. The van der Waals surface area contributed by atoms with Gasteiger partial charge in [-0.3, -0.25) is 0 Å². The second-order valence-electron chi connectivity index (χ2n) is 3.85. The molecule has 0 atom stereocenters. The number of aromatic nitrogens is 2. The van der Waals surface area contributed by atoms with Gasteiger partial charge in [-0.05, 0) is 31.9 Å². The highest BCUT2D eigenvalue weighted by Gasteiger charge is 2.03. The minimum Gasteiger partial charge on any atom is -0.250 e. The van der Waals surface area contributed by atoms with Crippen LogP contribution in [0, 0.1) is 6.92 Å². The summed E-state index contributed by atoms with van der Waals surface area (Å²) in [7, 11) is 0. The van der Waals surface area contributed by atoms with Gasteiger partial charge in [-0.1, -0.05) is 25.5 Å². The van der Waals surface area contributed by atoms with Crippen LogP contribution in [0.25, 0.3) is 11.0 Å². The summed E-state index contributed by atoms with van der Waals surface area (Å²) in [6.45, 7) is 4.24. The summed E-state index contributed by atoms with van der Waals surface area (Å²) in [4.78, 5) is 9.22. The lowest BCUT2D eigenvalue weighted by Crippen LogP contribution is -1.98. The van der Waals surface area contributed by atoms with E-state index in [1.165, 1.54) is 12.8 Å². The molecule has 1 aromatic carbocycles. The fourth-order valence-corrected chi connectivity index (χ4v) is 1.71. The van der Waals surface area contributed by atoms with E-state index in [1.54, 1.807) is 0 Å². The Kier molecular flexibility index (Phi) is 2.95. The summed E-state index contributed by atoms with van der Waals surface area (Å²) in [5.41, 5.74) is 4.22. The molecule has 0 saturated carbocycles. The third-order valence-corrected chi connectivity index (χ3v) is 2.61. The van der Waals surface area contributed by atoms with Gasteiger partial charge in [0, 0.05) is 0 Å². The van der Waals surface area contributed by atoms with Gasteiger partial charge in [0.05, 0.1) is 22.4 Å². The molecular weight excluding hydrogens is 184 g/mol. The molecule has 0 aliphatic heterocycles. The molecule has 1 heterocycles. The second-order valence-corrected chi connectivity index (χ2v) is 3.85. The molecule has 1 aromatic heterocycles. The zero-order valence-corrected chi connectivity index (χ0v) is 9.33. The number of hydrogen-bond acceptors (Lipinski definition) is 2. The molecule has 0 unspecified atom stereocenters. The molecule has 0 spiro atoms. The Labute approximate surface area is 90.4 Å². The number of unbranched alkanes of at least 4 members (excludes halogenated alkanes) is 1. The minimum atomic E-state index is 0.996. The van der Waals surface area contributed by atoms with Gasteiger partial charge >= 0.3 is 0 Å². The van der Waals surface area contributed by atoms with Crippen LogP contribution in [-0.4, -0.2) is 9.97 Å². The first-order valence-corrected chi connectivity index (χ1v) is 5.53. The quantitative estimate of drug-likeness (QED) is 0.759. The minimum absolute atomic E-state index is 0.996. The monoisotopic (exact) mass is 200 g/mol. The molecule has 78 valence electrons. The molecule has 15 heavy (non-hydrogen) atoms. The first-order chi connectivity index (χ1) is 7.31. The van der Waals surface area contributed by atoms with E-state index < -0.39 is 0 Å². The molecule has 2 heteroatoms. The van der Waals surface area contributed by atoms with E-state index in [9.17, 15) is 0 Å². The molecule has 2 nitrogen and oxygen atoms in total. The number of rotatable bonds is 3. The molecule has 0 saturated heterocycles. The maximum atomic E-state index is 4.65. The van der Waals surface area contributed by atoms with Gasteiger partial charge in [-0.25, -0.2) is 9.97 Å². The van der Waals surface area contributed by atoms with Gasteiger partial charge in [-0.15, -0.1) is 0 Å². The van der Waals surface area contributed by atoms with Gasteiger partial charge in [0.15, 0.2) is 0 Å². The summed E-state index contributed by atoms with van der Waals surface area (Å²) in [6, 6.07) is 8.05. The van der Waals surface area contributed by atoms with Crippen LogP contribution in [0.2, 0.25) is 0 Å². The smallest absolute Gasteiger partial charge is 0.0890 e. The number of para-hydroxylation sites is 2. The summed E-state index contributed by atoms with van der Waals surface area (Å²) in [5.74, 6) is 0. The Morgan fingerprint density at radius 2 is 1.73 bits per heavy atom. The molecule has 0 fully saturated rings. The van der Waals surface area contributed by atoms with Crippen LogP contribution in [-0.2, 0) is 6.42 Å². The predicted molar refractivity (Wildman–Crippen MR) is 62.9 cm³/mol. The number of aryl methyl sites for hydroxylation is 2. The van der Waals surface area contributed by atoms with Crippen molar-refractivity contribution in [1.82, 2.24) is 9.97 Å². The Morgan fingerprint density at radius 3 is 2.40 bits per heavy atom. The molecule has 0 radical (unpaired) electrons. The van der Waals surface area contributed by atoms with Crippen molar-refractivity contribution in [2.24, 2.45) is 0 Å².